The van der Waals surface area contributed by atoms with Gasteiger partial charge in [0.25, 0.3) is 0 Å². The van der Waals surface area contributed by atoms with Gasteiger partial charge in [0.15, 0.2) is 0 Å². The van der Waals surface area contributed by atoms with Gasteiger partial charge in [0.05, 0.1) is 5.76 Å². The normalized spacial score (nSPS) is 24.7. The monoisotopic (exact) mass is 155 g/mol. The SMILES string of the molecule is C/C=C1/CCN(CC)CCO1. The van der Waals surface area contributed by atoms with Crippen LogP contribution in [-0.4, -0.2) is 31.1 Å². The number of likely N-dealkylation sites (N-methyl/N-ethyl adjacent to an activating group) is 1. The van der Waals surface area contributed by atoms with Crippen molar-refractivity contribution in [2.75, 3.05) is 26.2 Å². The molecule has 1 saturated heterocycles. The van der Waals surface area contributed by atoms with E-state index in [0.717, 1.165) is 38.4 Å². The summed E-state index contributed by atoms with van der Waals surface area (Å²) in [5, 5.41) is 0. The fourth-order valence-electron chi connectivity index (χ4n) is 1.30. The van der Waals surface area contributed by atoms with Crippen LogP contribution in [0.2, 0.25) is 0 Å². The maximum atomic E-state index is 5.50. The zero-order valence-corrected chi connectivity index (χ0v) is 7.47. The van der Waals surface area contributed by atoms with Crippen LogP contribution >= 0.6 is 0 Å². The summed E-state index contributed by atoms with van der Waals surface area (Å²) in [5.74, 6) is 1.15. The molecule has 0 aromatic heterocycles. The molecule has 11 heavy (non-hydrogen) atoms. The number of hydrogen-bond donors (Lipinski definition) is 0. The van der Waals surface area contributed by atoms with Gasteiger partial charge in [-0.25, -0.2) is 0 Å². The second kappa shape index (κ2) is 4.39. The molecule has 1 rings (SSSR count). The van der Waals surface area contributed by atoms with Crippen molar-refractivity contribution >= 4 is 0 Å². The third-order valence-electron chi connectivity index (χ3n) is 2.14. The van der Waals surface area contributed by atoms with Crippen molar-refractivity contribution in [1.82, 2.24) is 4.90 Å². The molecule has 0 saturated carbocycles. The first-order valence-corrected chi connectivity index (χ1v) is 4.37. The van der Waals surface area contributed by atoms with E-state index in [4.69, 9.17) is 4.74 Å². The van der Waals surface area contributed by atoms with Crippen LogP contribution < -0.4 is 0 Å². The zero-order valence-electron chi connectivity index (χ0n) is 7.47. The van der Waals surface area contributed by atoms with Gasteiger partial charge >= 0.3 is 0 Å². The fraction of sp³-hybridized carbons (Fsp3) is 0.778. The summed E-state index contributed by atoms with van der Waals surface area (Å²) >= 11 is 0. The molecule has 0 aromatic rings. The van der Waals surface area contributed by atoms with Crippen LogP contribution in [0.4, 0.5) is 0 Å². The van der Waals surface area contributed by atoms with Gasteiger partial charge < -0.3 is 4.74 Å². The molecular formula is C9H17NO. The van der Waals surface area contributed by atoms with Gasteiger partial charge in [-0.15, -0.1) is 0 Å². The molecule has 0 atom stereocenters. The Morgan fingerprint density at radius 3 is 3.00 bits per heavy atom. The molecule has 1 heterocycles. The first-order chi connectivity index (χ1) is 5.36. The summed E-state index contributed by atoms with van der Waals surface area (Å²) in [6, 6.07) is 0. The lowest BCUT2D eigenvalue weighted by molar-refractivity contribution is 0.196. The van der Waals surface area contributed by atoms with E-state index in [-0.39, 0.29) is 0 Å². The highest BCUT2D eigenvalue weighted by Crippen LogP contribution is 2.09. The molecule has 2 heteroatoms. The Balaban J connectivity index is 2.39. The van der Waals surface area contributed by atoms with E-state index in [1.807, 2.05) is 6.92 Å². The van der Waals surface area contributed by atoms with Crippen molar-refractivity contribution < 1.29 is 4.74 Å². The van der Waals surface area contributed by atoms with E-state index >= 15 is 0 Å². The van der Waals surface area contributed by atoms with Crippen LogP contribution in [0, 0.1) is 0 Å². The standard InChI is InChI=1S/C9H17NO/c1-3-9-5-6-10(4-2)7-8-11-9/h3H,4-8H2,1-2H3/b9-3-. The number of rotatable bonds is 1. The Labute approximate surface area is 68.8 Å². The summed E-state index contributed by atoms with van der Waals surface area (Å²) in [5.41, 5.74) is 0. The van der Waals surface area contributed by atoms with Gasteiger partial charge in [-0.3, -0.25) is 4.90 Å². The van der Waals surface area contributed by atoms with E-state index < -0.39 is 0 Å². The van der Waals surface area contributed by atoms with E-state index in [0.29, 0.717) is 0 Å². The van der Waals surface area contributed by atoms with Gasteiger partial charge in [-0.2, -0.15) is 0 Å². The lowest BCUT2D eigenvalue weighted by Crippen LogP contribution is -2.25. The van der Waals surface area contributed by atoms with Crippen molar-refractivity contribution in [3.63, 3.8) is 0 Å². The number of nitrogens with zero attached hydrogens (tertiary/aromatic N) is 1. The Morgan fingerprint density at radius 2 is 2.36 bits per heavy atom. The van der Waals surface area contributed by atoms with Crippen molar-refractivity contribution in [3.8, 4) is 0 Å². The molecule has 0 spiro atoms. The van der Waals surface area contributed by atoms with Gasteiger partial charge in [0.1, 0.15) is 6.61 Å². The van der Waals surface area contributed by atoms with E-state index in [1.54, 1.807) is 0 Å². The summed E-state index contributed by atoms with van der Waals surface area (Å²) < 4.78 is 5.50. The highest BCUT2D eigenvalue weighted by Gasteiger charge is 2.09. The second-order valence-corrected chi connectivity index (χ2v) is 2.79. The topological polar surface area (TPSA) is 12.5 Å². The summed E-state index contributed by atoms with van der Waals surface area (Å²) in [4.78, 5) is 2.41. The van der Waals surface area contributed by atoms with E-state index in [1.165, 1.54) is 0 Å². The molecule has 0 unspecified atom stereocenters. The largest absolute Gasteiger partial charge is 0.497 e. The molecule has 0 aromatic carbocycles. The van der Waals surface area contributed by atoms with Gasteiger partial charge in [0.2, 0.25) is 0 Å². The average molecular weight is 155 g/mol. The Kier molecular flexibility index (Phi) is 3.43. The smallest absolute Gasteiger partial charge is 0.100 e. The number of ether oxygens (including phenoxy) is 1. The van der Waals surface area contributed by atoms with Crippen LogP contribution in [0.3, 0.4) is 0 Å². The van der Waals surface area contributed by atoms with Crippen molar-refractivity contribution in [2.45, 2.75) is 20.3 Å². The molecule has 0 amide bonds. The molecule has 2 nitrogen and oxygen atoms in total. The van der Waals surface area contributed by atoms with Crippen molar-refractivity contribution in [3.05, 3.63) is 11.8 Å². The minimum atomic E-state index is 0.855. The summed E-state index contributed by atoms with van der Waals surface area (Å²) in [6.45, 7) is 8.45. The van der Waals surface area contributed by atoms with Gasteiger partial charge in [-0.05, 0) is 19.5 Å². The average Bonchev–Trinajstić information content (AvgIpc) is 2.28. The summed E-state index contributed by atoms with van der Waals surface area (Å²) in [6.07, 6.45) is 3.14. The minimum absolute atomic E-state index is 0.855. The minimum Gasteiger partial charge on any atom is -0.497 e. The van der Waals surface area contributed by atoms with Crippen LogP contribution in [0.5, 0.6) is 0 Å². The first-order valence-electron chi connectivity index (χ1n) is 4.37. The van der Waals surface area contributed by atoms with Crippen molar-refractivity contribution in [2.24, 2.45) is 0 Å². The molecular weight excluding hydrogens is 138 g/mol. The molecule has 0 N–H and O–H groups in total. The lowest BCUT2D eigenvalue weighted by atomic mass is 10.3. The van der Waals surface area contributed by atoms with Gasteiger partial charge in [-0.1, -0.05) is 6.92 Å². The maximum Gasteiger partial charge on any atom is 0.100 e. The van der Waals surface area contributed by atoms with Crippen LogP contribution in [0.15, 0.2) is 11.8 Å². The Bertz CT molecular complexity index is 142. The summed E-state index contributed by atoms with van der Waals surface area (Å²) in [7, 11) is 0. The molecule has 1 aliphatic rings. The zero-order chi connectivity index (χ0) is 8.10. The molecule has 1 aliphatic heterocycles. The highest BCUT2D eigenvalue weighted by atomic mass is 16.5. The number of allylic oxidation sites excluding steroid dienone is 1. The van der Waals surface area contributed by atoms with Gasteiger partial charge in [0, 0.05) is 19.5 Å². The fourth-order valence-corrected chi connectivity index (χ4v) is 1.30. The predicted molar refractivity (Wildman–Crippen MR) is 46.4 cm³/mol. The highest BCUT2D eigenvalue weighted by molar-refractivity contribution is 4.92. The first kappa shape index (κ1) is 8.60. The molecule has 1 fully saturated rings. The molecule has 0 bridgehead atoms. The third kappa shape index (κ3) is 2.54. The van der Waals surface area contributed by atoms with E-state index in [2.05, 4.69) is 17.9 Å². The second-order valence-electron chi connectivity index (χ2n) is 2.79. The Hall–Kier alpha value is -0.500. The lowest BCUT2D eigenvalue weighted by Gasteiger charge is -2.14. The Morgan fingerprint density at radius 1 is 1.55 bits per heavy atom. The predicted octanol–water partition coefficient (Wildman–Crippen LogP) is 1.63. The molecule has 0 aliphatic carbocycles. The number of hydrogen-bond acceptors (Lipinski definition) is 2. The van der Waals surface area contributed by atoms with Crippen LogP contribution in [-0.2, 0) is 4.74 Å². The van der Waals surface area contributed by atoms with Crippen LogP contribution in [0.25, 0.3) is 0 Å². The maximum absolute atomic E-state index is 5.50. The molecule has 64 valence electrons. The van der Waals surface area contributed by atoms with Crippen LogP contribution in [0.1, 0.15) is 20.3 Å². The third-order valence-corrected chi connectivity index (χ3v) is 2.14. The molecule has 0 radical (unpaired) electrons. The van der Waals surface area contributed by atoms with E-state index in [9.17, 15) is 0 Å². The van der Waals surface area contributed by atoms with Crippen molar-refractivity contribution in [1.29, 1.82) is 0 Å². The quantitative estimate of drug-likeness (QED) is 0.570.